The zero-order valence-electron chi connectivity index (χ0n) is 35.8. The average molecular weight is 772 g/mol. The molecule has 8 heteroatoms. The van der Waals surface area contributed by atoms with Crippen molar-refractivity contribution in [1.29, 1.82) is 0 Å². The number of esters is 2. The minimum Gasteiger partial charge on any atom is -0.544 e. The van der Waals surface area contributed by atoms with E-state index in [1.807, 2.05) is 0 Å². The molecule has 0 aliphatic heterocycles. The van der Waals surface area contributed by atoms with Crippen molar-refractivity contribution in [1.82, 2.24) is 0 Å². The van der Waals surface area contributed by atoms with Crippen LogP contribution < -0.4 is 5.11 Å². The number of hydrogen-bond donors (Lipinski definition) is 0. The second-order valence-electron chi connectivity index (χ2n) is 15.5. The number of aliphatic carboxylic acids is 1. The van der Waals surface area contributed by atoms with Gasteiger partial charge in [0.15, 0.2) is 6.10 Å². The zero-order valence-corrected chi connectivity index (χ0v) is 35.8. The lowest BCUT2D eigenvalue weighted by atomic mass is 10.1. The Labute approximate surface area is 337 Å². The Kier molecular flexibility index (Phi) is 35.9. The monoisotopic (exact) mass is 772 g/mol. The Balaban J connectivity index is 4.39. The van der Waals surface area contributed by atoms with Crippen LogP contribution in [-0.4, -0.2) is 75.5 Å². The predicted molar refractivity (Wildman–Crippen MR) is 226 cm³/mol. The first-order valence-corrected chi connectivity index (χ1v) is 21.8. The third kappa shape index (κ3) is 36.4. The van der Waals surface area contributed by atoms with Gasteiger partial charge < -0.3 is 28.6 Å². The zero-order chi connectivity index (χ0) is 40.7. The topological polar surface area (TPSA) is 102 Å². The molecule has 0 aromatic rings. The number of unbranched alkanes of at least 4 members (excludes halogenated alkanes) is 14. The van der Waals surface area contributed by atoms with Crippen molar-refractivity contribution in [3.05, 3.63) is 60.8 Å². The number of carbonyl (C=O) groups excluding carboxylic acids is 3. The second kappa shape index (κ2) is 37.9. The van der Waals surface area contributed by atoms with Crippen LogP contribution in [0, 0.1) is 0 Å². The minimum absolute atomic E-state index is 0.0266. The molecule has 8 nitrogen and oxygen atoms in total. The number of ether oxygens (including phenoxy) is 3. The van der Waals surface area contributed by atoms with E-state index < -0.39 is 18.1 Å². The molecule has 0 rings (SSSR count). The molecule has 0 fully saturated rings. The summed E-state index contributed by atoms with van der Waals surface area (Å²) >= 11 is 0. The van der Waals surface area contributed by atoms with Gasteiger partial charge in [0.25, 0.3) is 0 Å². The van der Waals surface area contributed by atoms with Gasteiger partial charge in [0, 0.05) is 19.3 Å². The van der Waals surface area contributed by atoms with E-state index in [2.05, 4.69) is 74.6 Å². The van der Waals surface area contributed by atoms with Crippen LogP contribution in [-0.2, 0) is 28.6 Å². The van der Waals surface area contributed by atoms with Gasteiger partial charge in [-0.1, -0.05) is 132 Å². The highest BCUT2D eigenvalue weighted by molar-refractivity contribution is 5.70. The molecule has 55 heavy (non-hydrogen) atoms. The average Bonchev–Trinajstić information content (AvgIpc) is 3.14. The van der Waals surface area contributed by atoms with Crippen molar-refractivity contribution in [2.24, 2.45) is 0 Å². The first-order valence-electron chi connectivity index (χ1n) is 21.8. The van der Waals surface area contributed by atoms with E-state index >= 15 is 0 Å². The van der Waals surface area contributed by atoms with Crippen LogP contribution in [0.5, 0.6) is 0 Å². The van der Waals surface area contributed by atoms with Gasteiger partial charge in [-0.05, 0) is 77.0 Å². The third-order valence-electron chi connectivity index (χ3n) is 9.39. The normalized spacial score (nSPS) is 13.5. The van der Waals surface area contributed by atoms with Crippen LogP contribution in [0.25, 0.3) is 0 Å². The van der Waals surface area contributed by atoms with E-state index in [0.29, 0.717) is 12.8 Å². The molecule has 2 unspecified atom stereocenters. The highest BCUT2D eigenvalue weighted by Gasteiger charge is 2.25. The van der Waals surface area contributed by atoms with Gasteiger partial charge in [-0.25, -0.2) is 0 Å². The maximum atomic E-state index is 12.7. The van der Waals surface area contributed by atoms with Gasteiger partial charge in [0.2, 0.25) is 0 Å². The van der Waals surface area contributed by atoms with E-state index in [1.54, 1.807) is 21.1 Å². The number of rotatable bonds is 38. The molecular weight excluding hydrogens is 691 g/mol. The van der Waals surface area contributed by atoms with Gasteiger partial charge in [-0.2, -0.15) is 0 Å². The fourth-order valence-corrected chi connectivity index (χ4v) is 6.00. The van der Waals surface area contributed by atoms with Gasteiger partial charge in [0.05, 0.1) is 40.3 Å². The van der Waals surface area contributed by atoms with Gasteiger partial charge >= 0.3 is 11.9 Å². The molecule has 0 aliphatic rings. The van der Waals surface area contributed by atoms with Crippen LogP contribution in [0.1, 0.15) is 168 Å². The van der Waals surface area contributed by atoms with Gasteiger partial charge in [-0.15, -0.1) is 0 Å². The van der Waals surface area contributed by atoms with Crippen molar-refractivity contribution in [3.63, 3.8) is 0 Å². The van der Waals surface area contributed by atoms with Crippen molar-refractivity contribution < 1.29 is 38.2 Å². The van der Waals surface area contributed by atoms with E-state index in [-0.39, 0.29) is 42.7 Å². The summed E-state index contributed by atoms with van der Waals surface area (Å²) in [5, 5.41) is 11.6. The molecule has 316 valence electrons. The lowest BCUT2D eigenvalue weighted by molar-refractivity contribution is -0.889. The Morgan fingerprint density at radius 2 is 1.02 bits per heavy atom. The summed E-state index contributed by atoms with van der Waals surface area (Å²) in [5.41, 5.74) is 0. The van der Waals surface area contributed by atoms with E-state index in [1.165, 1.54) is 51.4 Å². The molecule has 0 saturated heterocycles. The Bertz CT molecular complexity index is 1090. The molecule has 0 bridgehead atoms. The molecule has 0 aromatic carbocycles. The number of carboxylic acids is 1. The standard InChI is InChI=1S/C47H81NO7/c1-6-8-10-12-14-16-18-20-22-23-24-26-27-29-31-33-35-37-45(49)54-42-43(41-53-40-39-44(47(51)52)48(3,4)5)55-46(50)38-36-34-32-30-28-25-21-19-17-15-13-11-9-7-2/h9,11,14-17,20-22,25,43-44H,6-8,10,12-13,18-19,23-24,26-42H2,1-5H3/b11-9+,16-14+,17-15+,22-20+,25-21+. The number of allylic oxidation sites excluding steroid dienone is 10. The molecule has 0 saturated carbocycles. The number of carboxylic acid groups (broad SMARTS) is 1. The minimum atomic E-state index is -1.13. The first kappa shape index (κ1) is 52.0. The van der Waals surface area contributed by atoms with Crippen LogP contribution >= 0.6 is 0 Å². The predicted octanol–water partition coefficient (Wildman–Crippen LogP) is 10.5. The summed E-state index contributed by atoms with van der Waals surface area (Å²) in [6, 6.07) is -0.733. The van der Waals surface area contributed by atoms with Crippen molar-refractivity contribution in [3.8, 4) is 0 Å². The second-order valence-corrected chi connectivity index (χ2v) is 15.5. The van der Waals surface area contributed by atoms with E-state index in [4.69, 9.17) is 14.2 Å². The van der Waals surface area contributed by atoms with E-state index in [9.17, 15) is 19.5 Å². The highest BCUT2D eigenvalue weighted by Crippen LogP contribution is 2.13. The summed E-state index contributed by atoms with van der Waals surface area (Å²) < 4.78 is 17.1. The highest BCUT2D eigenvalue weighted by atomic mass is 16.6. The summed E-state index contributed by atoms with van der Waals surface area (Å²) in [5.74, 6) is -1.78. The van der Waals surface area contributed by atoms with Crippen molar-refractivity contribution >= 4 is 17.9 Å². The van der Waals surface area contributed by atoms with Crippen molar-refractivity contribution in [2.75, 3.05) is 41.0 Å². The van der Waals surface area contributed by atoms with Gasteiger partial charge in [-0.3, -0.25) is 9.59 Å². The molecule has 0 aliphatic carbocycles. The summed E-state index contributed by atoms with van der Waals surface area (Å²) in [7, 11) is 5.39. The van der Waals surface area contributed by atoms with E-state index in [0.717, 1.165) is 83.5 Å². The number of hydrogen-bond acceptors (Lipinski definition) is 7. The molecular formula is C47H81NO7. The van der Waals surface area contributed by atoms with Crippen LogP contribution in [0.15, 0.2) is 60.8 Å². The van der Waals surface area contributed by atoms with Crippen LogP contribution in [0.4, 0.5) is 0 Å². The number of likely N-dealkylation sites (N-methyl/N-ethyl adjacent to an activating group) is 1. The number of quaternary nitrogens is 1. The van der Waals surface area contributed by atoms with Crippen LogP contribution in [0.3, 0.4) is 0 Å². The molecule has 0 radical (unpaired) electrons. The lowest BCUT2D eigenvalue weighted by Gasteiger charge is -2.34. The smallest absolute Gasteiger partial charge is 0.306 e. The number of carbonyl (C=O) groups is 3. The molecule has 0 aromatic heterocycles. The summed E-state index contributed by atoms with van der Waals surface area (Å²) in [6.45, 7) is 4.48. The quantitative estimate of drug-likeness (QED) is 0.0266. The first-order chi connectivity index (χ1) is 26.6. The molecule has 0 spiro atoms. The summed E-state index contributed by atoms with van der Waals surface area (Å²) in [6.07, 6.45) is 45.3. The van der Waals surface area contributed by atoms with Crippen LogP contribution in [0.2, 0.25) is 0 Å². The Hall–Kier alpha value is -2.97. The Morgan fingerprint density at radius 1 is 0.564 bits per heavy atom. The van der Waals surface area contributed by atoms with Crippen molar-refractivity contribution in [2.45, 2.75) is 180 Å². The number of nitrogens with zero attached hydrogens (tertiary/aromatic N) is 1. The fraction of sp³-hybridized carbons (Fsp3) is 0.723. The maximum absolute atomic E-state index is 12.7. The summed E-state index contributed by atoms with van der Waals surface area (Å²) in [4.78, 5) is 36.8. The lowest BCUT2D eigenvalue weighted by Crippen LogP contribution is -2.55. The molecule has 2 atom stereocenters. The molecule has 0 amide bonds. The third-order valence-corrected chi connectivity index (χ3v) is 9.39. The molecule has 0 N–H and O–H groups in total. The Morgan fingerprint density at radius 3 is 1.51 bits per heavy atom. The SMILES string of the molecule is CC/C=C/C/C=C/C/C=C/CCCCCCC(=O)OC(COCCC(C(=O)[O-])[N+](C)(C)C)COC(=O)CCCCCCCCC/C=C/C/C=C/CCCCC. The molecule has 0 heterocycles. The largest absolute Gasteiger partial charge is 0.544 e. The maximum Gasteiger partial charge on any atom is 0.306 e. The fourth-order valence-electron chi connectivity index (χ4n) is 6.00. The van der Waals surface area contributed by atoms with Gasteiger partial charge in [0.1, 0.15) is 12.6 Å².